The van der Waals surface area contributed by atoms with Crippen LogP contribution in [0.25, 0.3) is 0 Å². The monoisotopic (exact) mass is 192 g/mol. The quantitative estimate of drug-likeness (QED) is 0.798. The largest absolute Gasteiger partial charge is 0.330 e. The first-order valence-electron chi connectivity index (χ1n) is 5.18. The summed E-state index contributed by atoms with van der Waals surface area (Å²) in [4.78, 5) is 4.26. The number of pyridine rings is 1. The summed E-state index contributed by atoms with van der Waals surface area (Å²) in [6.07, 6.45) is 5.96. The molecule has 1 heterocycles. The van der Waals surface area contributed by atoms with Crippen molar-refractivity contribution in [2.45, 2.75) is 39.0 Å². The Morgan fingerprint density at radius 3 is 2.57 bits per heavy atom. The van der Waals surface area contributed by atoms with Gasteiger partial charge in [-0.15, -0.1) is 0 Å². The van der Waals surface area contributed by atoms with Crippen LogP contribution in [0.3, 0.4) is 0 Å². The van der Waals surface area contributed by atoms with Gasteiger partial charge in [0.05, 0.1) is 0 Å². The molecule has 0 amide bonds. The minimum atomic E-state index is 0.186. The minimum absolute atomic E-state index is 0.186. The molecule has 0 aromatic carbocycles. The van der Waals surface area contributed by atoms with Gasteiger partial charge in [-0.3, -0.25) is 4.98 Å². The maximum absolute atomic E-state index is 5.48. The Kier molecular flexibility index (Phi) is 3.64. The molecule has 0 atom stereocenters. The molecule has 0 unspecified atom stereocenters. The van der Waals surface area contributed by atoms with Gasteiger partial charge >= 0.3 is 0 Å². The second-order valence-corrected chi connectivity index (χ2v) is 4.72. The fraction of sp³-hybridized carbons (Fsp3) is 0.583. The molecular weight excluding hydrogens is 172 g/mol. The number of nitrogens with two attached hydrogens (primary N) is 1. The zero-order chi connectivity index (χ0) is 10.6. The second-order valence-electron chi connectivity index (χ2n) is 4.72. The molecule has 0 aliphatic carbocycles. The van der Waals surface area contributed by atoms with Crippen molar-refractivity contribution in [2.24, 2.45) is 5.73 Å². The van der Waals surface area contributed by atoms with Crippen molar-refractivity contribution in [2.75, 3.05) is 6.54 Å². The van der Waals surface area contributed by atoms with Crippen LogP contribution in [-0.4, -0.2) is 11.5 Å². The van der Waals surface area contributed by atoms with Gasteiger partial charge in [0.2, 0.25) is 0 Å². The molecule has 1 rings (SSSR count). The molecule has 78 valence electrons. The molecule has 0 saturated heterocycles. The Hall–Kier alpha value is -0.890. The summed E-state index contributed by atoms with van der Waals surface area (Å²) in [5.74, 6) is 0. The highest BCUT2D eigenvalue weighted by atomic mass is 14.6. The van der Waals surface area contributed by atoms with Gasteiger partial charge in [0.15, 0.2) is 0 Å². The molecule has 0 aliphatic heterocycles. The third-order valence-electron chi connectivity index (χ3n) is 2.33. The maximum Gasteiger partial charge on any atom is 0.0305 e. The van der Waals surface area contributed by atoms with E-state index in [1.807, 2.05) is 12.4 Å². The highest BCUT2D eigenvalue weighted by Crippen LogP contribution is 2.22. The van der Waals surface area contributed by atoms with Crippen LogP contribution < -0.4 is 5.73 Å². The van der Waals surface area contributed by atoms with Crippen molar-refractivity contribution in [1.29, 1.82) is 0 Å². The van der Waals surface area contributed by atoms with E-state index in [4.69, 9.17) is 5.73 Å². The molecule has 2 heteroatoms. The molecule has 0 bridgehead atoms. The van der Waals surface area contributed by atoms with Crippen LogP contribution in [0, 0.1) is 0 Å². The highest BCUT2D eigenvalue weighted by Gasteiger charge is 2.13. The predicted octanol–water partition coefficient (Wildman–Crippen LogP) is 2.27. The molecule has 0 spiro atoms. The van der Waals surface area contributed by atoms with Crippen LogP contribution in [0.5, 0.6) is 0 Å². The topological polar surface area (TPSA) is 38.9 Å². The van der Waals surface area contributed by atoms with Crippen molar-refractivity contribution in [3.63, 3.8) is 0 Å². The minimum Gasteiger partial charge on any atom is -0.330 e. The number of rotatable bonds is 3. The number of aryl methyl sites for hydroxylation is 1. The van der Waals surface area contributed by atoms with Gasteiger partial charge in [0.1, 0.15) is 0 Å². The second kappa shape index (κ2) is 4.56. The van der Waals surface area contributed by atoms with Crippen LogP contribution in [0.15, 0.2) is 18.5 Å². The highest BCUT2D eigenvalue weighted by molar-refractivity contribution is 5.24. The van der Waals surface area contributed by atoms with Gasteiger partial charge < -0.3 is 5.73 Å². The van der Waals surface area contributed by atoms with E-state index in [2.05, 4.69) is 31.8 Å². The number of nitrogens with zero attached hydrogens (tertiary/aromatic N) is 1. The van der Waals surface area contributed by atoms with Gasteiger partial charge in [0, 0.05) is 12.4 Å². The molecule has 14 heavy (non-hydrogen) atoms. The van der Waals surface area contributed by atoms with E-state index in [-0.39, 0.29) is 5.41 Å². The molecule has 0 aliphatic rings. The Labute approximate surface area is 86.5 Å². The zero-order valence-corrected chi connectivity index (χ0v) is 9.38. The first-order chi connectivity index (χ1) is 6.54. The van der Waals surface area contributed by atoms with E-state index in [1.165, 1.54) is 11.1 Å². The molecular formula is C12H20N2. The van der Waals surface area contributed by atoms with E-state index in [1.54, 1.807) is 0 Å². The summed E-state index contributed by atoms with van der Waals surface area (Å²) in [5, 5.41) is 0. The fourth-order valence-corrected chi connectivity index (χ4v) is 1.34. The summed E-state index contributed by atoms with van der Waals surface area (Å²) in [6, 6.07) is 2.24. The Morgan fingerprint density at radius 2 is 2.00 bits per heavy atom. The van der Waals surface area contributed by atoms with Crippen LogP contribution in [0.2, 0.25) is 0 Å². The summed E-state index contributed by atoms with van der Waals surface area (Å²) in [7, 11) is 0. The smallest absolute Gasteiger partial charge is 0.0305 e. The van der Waals surface area contributed by atoms with Gasteiger partial charge in [-0.05, 0) is 35.9 Å². The average Bonchev–Trinajstić information content (AvgIpc) is 2.14. The maximum atomic E-state index is 5.48. The van der Waals surface area contributed by atoms with Gasteiger partial charge in [0.25, 0.3) is 0 Å². The first-order valence-corrected chi connectivity index (χ1v) is 5.18. The average molecular weight is 192 g/mol. The van der Waals surface area contributed by atoms with Gasteiger partial charge in [-0.2, -0.15) is 0 Å². The summed E-state index contributed by atoms with van der Waals surface area (Å²) >= 11 is 0. The number of aromatic nitrogens is 1. The molecule has 0 fully saturated rings. The van der Waals surface area contributed by atoms with Crippen LogP contribution in [-0.2, 0) is 11.8 Å². The number of hydrogen-bond donors (Lipinski definition) is 1. The van der Waals surface area contributed by atoms with Crippen molar-refractivity contribution >= 4 is 0 Å². The summed E-state index contributed by atoms with van der Waals surface area (Å²) in [5.41, 5.74) is 8.26. The number of hydrogen-bond acceptors (Lipinski definition) is 2. The van der Waals surface area contributed by atoms with E-state index < -0.39 is 0 Å². The molecule has 0 saturated carbocycles. The van der Waals surface area contributed by atoms with E-state index >= 15 is 0 Å². The Balaban J connectivity index is 2.79. The molecule has 1 aromatic heterocycles. The standard InChI is InChI=1S/C12H20N2/c1-12(2,3)11-7-10(5-4-6-13)8-14-9-11/h7-9H,4-6,13H2,1-3H3. The molecule has 1 aromatic rings. The zero-order valence-electron chi connectivity index (χ0n) is 9.38. The lowest BCUT2D eigenvalue weighted by Crippen LogP contribution is -2.12. The molecule has 2 N–H and O–H groups in total. The summed E-state index contributed by atoms with van der Waals surface area (Å²) < 4.78 is 0. The first kappa shape index (κ1) is 11.2. The van der Waals surface area contributed by atoms with Crippen molar-refractivity contribution in [3.8, 4) is 0 Å². The van der Waals surface area contributed by atoms with Crippen molar-refractivity contribution in [3.05, 3.63) is 29.6 Å². The molecule has 0 radical (unpaired) electrons. The summed E-state index contributed by atoms with van der Waals surface area (Å²) in [6.45, 7) is 7.37. The Bertz CT molecular complexity index is 287. The van der Waals surface area contributed by atoms with Gasteiger partial charge in [-0.25, -0.2) is 0 Å². The van der Waals surface area contributed by atoms with Crippen molar-refractivity contribution < 1.29 is 0 Å². The van der Waals surface area contributed by atoms with Gasteiger partial charge in [-0.1, -0.05) is 26.8 Å². The lowest BCUT2D eigenvalue weighted by molar-refractivity contribution is 0.586. The van der Waals surface area contributed by atoms with Crippen LogP contribution in [0.4, 0.5) is 0 Å². The third-order valence-corrected chi connectivity index (χ3v) is 2.33. The van der Waals surface area contributed by atoms with E-state index in [0.717, 1.165) is 19.4 Å². The van der Waals surface area contributed by atoms with Crippen LogP contribution in [0.1, 0.15) is 38.3 Å². The van der Waals surface area contributed by atoms with E-state index in [9.17, 15) is 0 Å². The van der Waals surface area contributed by atoms with E-state index in [0.29, 0.717) is 0 Å². The lowest BCUT2D eigenvalue weighted by Gasteiger charge is -2.19. The fourth-order valence-electron chi connectivity index (χ4n) is 1.34. The normalized spacial score (nSPS) is 11.7. The van der Waals surface area contributed by atoms with Crippen LogP contribution >= 0.6 is 0 Å². The SMILES string of the molecule is CC(C)(C)c1cncc(CCCN)c1. The van der Waals surface area contributed by atoms with Crippen molar-refractivity contribution in [1.82, 2.24) is 4.98 Å². The third kappa shape index (κ3) is 3.11. The lowest BCUT2D eigenvalue weighted by atomic mass is 9.87. The predicted molar refractivity (Wildman–Crippen MR) is 60.3 cm³/mol. The molecule has 2 nitrogen and oxygen atoms in total. The Morgan fingerprint density at radius 1 is 1.29 bits per heavy atom.